The molecule has 2 N–H and O–H groups in total. The Balaban J connectivity index is 2.29. The molecule has 1 aromatic heterocycles. The number of nitrogens with zero attached hydrogens (tertiary/aromatic N) is 4. The minimum Gasteiger partial charge on any atom is -0.399 e. The summed E-state index contributed by atoms with van der Waals surface area (Å²) in [5, 5.41) is 31.3. The Labute approximate surface area is 145 Å². The zero-order valence-electron chi connectivity index (χ0n) is 13.4. The third-order valence-electron chi connectivity index (χ3n) is 5.04. The van der Waals surface area contributed by atoms with E-state index in [0.717, 1.165) is 23.5 Å². The van der Waals surface area contributed by atoms with Crippen LogP contribution in [0.3, 0.4) is 0 Å². The van der Waals surface area contributed by atoms with Crippen LogP contribution in [0.15, 0.2) is 40.4 Å². The summed E-state index contributed by atoms with van der Waals surface area (Å²) in [6, 6.07) is 10.3. The third-order valence-corrected chi connectivity index (χ3v) is 5.99. The molecule has 1 aliphatic heterocycles. The number of fused-ring (bicyclic) bond motifs is 1. The van der Waals surface area contributed by atoms with E-state index in [9.17, 15) is 15.8 Å². The quantitative estimate of drug-likeness (QED) is 0.895. The van der Waals surface area contributed by atoms with Crippen molar-refractivity contribution < 1.29 is 0 Å². The zero-order chi connectivity index (χ0) is 17.3. The summed E-state index contributed by atoms with van der Waals surface area (Å²) in [4.78, 5) is 3.22. The van der Waals surface area contributed by atoms with E-state index in [-0.39, 0.29) is 17.5 Å². The topological polar surface area (TPSA) is 101 Å². The summed E-state index contributed by atoms with van der Waals surface area (Å²) >= 11 is 1.53. The number of likely N-dealkylation sites (N-methyl/N-ethyl adjacent to an activating group) is 1. The van der Waals surface area contributed by atoms with E-state index in [1.807, 2.05) is 23.6 Å². The normalized spacial score (nSPS) is 25.8. The van der Waals surface area contributed by atoms with Crippen molar-refractivity contribution in [2.24, 2.45) is 17.1 Å². The highest BCUT2D eigenvalue weighted by molar-refractivity contribution is 7.10. The molecule has 24 heavy (non-hydrogen) atoms. The molecule has 0 fully saturated rings. The predicted molar refractivity (Wildman–Crippen MR) is 91.2 cm³/mol. The number of hydrogen-bond donors (Lipinski definition) is 1. The van der Waals surface area contributed by atoms with Crippen molar-refractivity contribution in [2.45, 2.75) is 12.8 Å². The largest absolute Gasteiger partial charge is 0.399 e. The first-order chi connectivity index (χ1) is 11.6. The summed E-state index contributed by atoms with van der Waals surface area (Å²) in [6.45, 7) is 4.43. The van der Waals surface area contributed by atoms with Gasteiger partial charge in [-0.15, -0.1) is 11.3 Å². The van der Waals surface area contributed by atoms with Gasteiger partial charge in [0, 0.05) is 29.8 Å². The molecule has 0 bridgehead atoms. The van der Waals surface area contributed by atoms with E-state index in [1.54, 1.807) is 0 Å². The van der Waals surface area contributed by atoms with Crippen molar-refractivity contribution in [1.82, 2.24) is 4.90 Å². The van der Waals surface area contributed by atoms with Gasteiger partial charge in [0.1, 0.15) is 6.07 Å². The zero-order valence-corrected chi connectivity index (χ0v) is 14.2. The lowest BCUT2D eigenvalue weighted by atomic mass is 9.59. The van der Waals surface area contributed by atoms with Crippen LogP contribution >= 0.6 is 11.3 Å². The van der Waals surface area contributed by atoms with Crippen molar-refractivity contribution in [2.75, 3.05) is 19.6 Å². The van der Waals surface area contributed by atoms with Crippen LogP contribution in [0.1, 0.15) is 17.7 Å². The summed E-state index contributed by atoms with van der Waals surface area (Å²) in [6.07, 6.45) is 2.03. The first-order valence-electron chi connectivity index (χ1n) is 7.81. The highest BCUT2D eigenvalue weighted by Crippen LogP contribution is 2.54. The van der Waals surface area contributed by atoms with Gasteiger partial charge in [0.05, 0.1) is 23.4 Å². The Kier molecular flexibility index (Phi) is 4.16. The maximum Gasteiger partial charge on any atom is 0.192 e. The fourth-order valence-corrected chi connectivity index (χ4v) is 4.73. The molecule has 2 aliphatic rings. The van der Waals surface area contributed by atoms with Crippen LogP contribution in [-0.2, 0) is 0 Å². The first kappa shape index (κ1) is 16.3. The molecule has 5 nitrogen and oxygen atoms in total. The first-order valence-corrected chi connectivity index (χ1v) is 8.69. The summed E-state index contributed by atoms with van der Waals surface area (Å²) < 4.78 is 0. The Morgan fingerprint density at radius 1 is 1.38 bits per heavy atom. The molecular formula is C18H17N5S. The van der Waals surface area contributed by atoms with Crippen LogP contribution in [0.2, 0.25) is 0 Å². The minimum atomic E-state index is -1.51. The molecule has 2 unspecified atom stereocenters. The van der Waals surface area contributed by atoms with Gasteiger partial charge in [-0.1, -0.05) is 19.1 Å². The number of thiophene rings is 1. The number of allylic oxidation sites excluding steroid dienone is 2. The molecular weight excluding hydrogens is 318 g/mol. The highest BCUT2D eigenvalue weighted by Gasteiger charge is 2.54. The van der Waals surface area contributed by atoms with Crippen LogP contribution in [0.5, 0.6) is 0 Å². The van der Waals surface area contributed by atoms with Crippen LogP contribution in [0.25, 0.3) is 0 Å². The smallest absolute Gasteiger partial charge is 0.192 e. The summed E-state index contributed by atoms with van der Waals surface area (Å²) in [7, 11) is 0. The second-order valence-corrected chi connectivity index (χ2v) is 7.02. The maximum atomic E-state index is 9.88. The van der Waals surface area contributed by atoms with E-state index in [1.165, 1.54) is 11.3 Å². The molecule has 0 aromatic carbocycles. The van der Waals surface area contributed by atoms with Crippen LogP contribution in [0.4, 0.5) is 0 Å². The molecule has 120 valence electrons. The predicted octanol–water partition coefficient (Wildman–Crippen LogP) is 2.49. The van der Waals surface area contributed by atoms with Gasteiger partial charge in [-0.25, -0.2) is 0 Å². The number of hydrogen-bond acceptors (Lipinski definition) is 6. The fourth-order valence-electron chi connectivity index (χ4n) is 3.77. The molecule has 2 atom stereocenters. The average molecular weight is 335 g/mol. The molecule has 1 aliphatic carbocycles. The van der Waals surface area contributed by atoms with Gasteiger partial charge in [0.25, 0.3) is 0 Å². The monoisotopic (exact) mass is 335 g/mol. The molecule has 0 amide bonds. The van der Waals surface area contributed by atoms with Gasteiger partial charge in [-0.2, -0.15) is 15.8 Å². The van der Waals surface area contributed by atoms with E-state index < -0.39 is 5.41 Å². The van der Waals surface area contributed by atoms with Crippen LogP contribution in [0, 0.1) is 45.3 Å². The third kappa shape index (κ3) is 2.14. The molecule has 0 radical (unpaired) electrons. The van der Waals surface area contributed by atoms with Crippen molar-refractivity contribution in [3.8, 4) is 18.2 Å². The Morgan fingerprint density at radius 3 is 2.67 bits per heavy atom. The van der Waals surface area contributed by atoms with Gasteiger partial charge in [0.2, 0.25) is 0 Å². The van der Waals surface area contributed by atoms with E-state index in [4.69, 9.17) is 5.73 Å². The Bertz CT molecular complexity index is 814. The standard InChI is InChI=1S/C18H17N5S/c1-2-23-6-5-12-13(8-19)17(22)18(10-20,11-21)16(14(12)9-23)15-4-3-7-24-15/h3-5,7,14,16H,2,6,9,22H2,1H3. The molecule has 0 saturated heterocycles. The lowest BCUT2D eigenvalue weighted by Gasteiger charge is -2.44. The molecule has 0 saturated carbocycles. The average Bonchev–Trinajstić information content (AvgIpc) is 3.14. The van der Waals surface area contributed by atoms with Gasteiger partial charge < -0.3 is 5.73 Å². The maximum absolute atomic E-state index is 9.88. The molecule has 1 aromatic rings. The van der Waals surface area contributed by atoms with Crippen molar-refractivity contribution >= 4 is 11.3 Å². The van der Waals surface area contributed by atoms with Crippen molar-refractivity contribution in [1.29, 1.82) is 15.8 Å². The second kappa shape index (κ2) is 6.13. The van der Waals surface area contributed by atoms with Crippen molar-refractivity contribution in [3.63, 3.8) is 0 Å². The van der Waals surface area contributed by atoms with Gasteiger partial charge >= 0.3 is 0 Å². The molecule has 3 rings (SSSR count). The Hall–Kier alpha value is -2.59. The number of rotatable bonds is 2. The summed E-state index contributed by atoms with van der Waals surface area (Å²) in [5.41, 5.74) is 6.02. The van der Waals surface area contributed by atoms with E-state index >= 15 is 0 Å². The fraction of sp³-hybridized carbons (Fsp3) is 0.389. The lowest BCUT2D eigenvalue weighted by molar-refractivity contribution is 0.216. The van der Waals surface area contributed by atoms with Crippen LogP contribution in [-0.4, -0.2) is 24.5 Å². The molecule has 6 heteroatoms. The Morgan fingerprint density at radius 2 is 2.12 bits per heavy atom. The van der Waals surface area contributed by atoms with Gasteiger partial charge in [-0.3, -0.25) is 4.90 Å². The SMILES string of the molecule is CCN1CC=C2C(C#N)=C(N)C(C#N)(C#N)C(c3cccs3)C2C1. The second-order valence-electron chi connectivity index (χ2n) is 6.04. The number of nitriles is 3. The van der Waals surface area contributed by atoms with Crippen molar-refractivity contribution in [3.05, 3.63) is 45.3 Å². The summed E-state index contributed by atoms with van der Waals surface area (Å²) in [5.74, 6) is -0.441. The van der Waals surface area contributed by atoms with E-state index in [2.05, 4.69) is 30.0 Å². The van der Waals surface area contributed by atoms with E-state index in [0.29, 0.717) is 12.1 Å². The molecule has 2 heterocycles. The molecule has 0 spiro atoms. The van der Waals surface area contributed by atoms with Gasteiger partial charge in [-0.05, 0) is 23.6 Å². The minimum absolute atomic E-state index is 0.0846. The highest BCUT2D eigenvalue weighted by atomic mass is 32.1. The van der Waals surface area contributed by atoms with Gasteiger partial charge in [0.15, 0.2) is 5.41 Å². The van der Waals surface area contributed by atoms with Crippen LogP contribution < -0.4 is 5.73 Å². The number of nitrogens with two attached hydrogens (primary N) is 1. The lowest BCUT2D eigenvalue weighted by Crippen LogP contribution is -2.47.